The first-order chi connectivity index (χ1) is 6.89. The van der Waals surface area contributed by atoms with E-state index in [-0.39, 0.29) is 4.90 Å². The lowest BCUT2D eigenvalue weighted by Crippen LogP contribution is -1.90. The van der Waals surface area contributed by atoms with Gasteiger partial charge in [0.05, 0.1) is 0 Å². The molecule has 6 heteroatoms. The van der Waals surface area contributed by atoms with Gasteiger partial charge < -0.3 is 0 Å². The highest BCUT2D eigenvalue weighted by molar-refractivity contribution is 8.14. The SMILES string of the molecule is Cc1sc2ccc(Cl)cc2c1S(=O)(=O)Cl. The van der Waals surface area contributed by atoms with E-state index in [0.717, 1.165) is 4.70 Å². The van der Waals surface area contributed by atoms with Crippen LogP contribution in [-0.4, -0.2) is 8.42 Å². The standard InChI is InChI=1S/C9H6Cl2O2S2/c1-5-9(15(11,12)13)7-4-6(10)2-3-8(7)14-5/h2-4H,1H3. The molecule has 0 radical (unpaired) electrons. The maximum Gasteiger partial charge on any atom is 0.263 e. The summed E-state index contributed by atoms with van der Waals surface area (Å²) in [5.74, 6) is 0. The zero-order valence-electron chi connectivity index (χ0n) is 7.62. The number of benzene rings is 1. The molecular weight excluding hydrogens is 275 g/mol. The Morgan fingerprint density at radius 2 is 2.00 bits per heavy atom. The number of rotatable bonds is 1. The van der Waals surface area contributed by atoms with Crippen LogP contribution in [0.25, 0.3) is 10.1 Å². The maximum absolute atomic E-state index is 11.4. The van der Waals surface area contributed by atoms with Gasteiger partial charge in [-0.3, -0.25) is 0 Å². The highest BCUT2D eigenvalue weighted by Gasteiger charge is 2.20. The van der Waals surface area contributed by atoms with Gasteiger partial charge in [-0.25, -0.2) is 8.42 Å². The molecular formula is C9H6Cl2O2S2. The number of fused-ring (bicyclic) bond motifs is 1. The van der Waals surface area contributed by atoms with Crippen LogP contribution in [0.5, 0.6) is 0 Å². The van der Waals surface area contributed by atoms with Crippen LogP contribution in [0, 0.1) is 6.92 Å². The number of thiophene rings is 1. The number of hydrogen-bond donors (Lipinski definition) is 0. The monoisotopic (exact) mass is 280 g/mol. The molecule has 0 spiro atoms. The van der Waals surface area contributed by atoms with Crippen LogP contribution >= 0.6 is 33.6 Å². The molecule has 15 heavy (non-hydrogen) atoms. The van der Waals surface area contributed by atoms with Gasteiger partial charge in [0.15, 0.2) is 0 Å². The smallest absolute Gasteiger partial charge is 0.207 e. The molecule has 0 atom stereocenters. The Kier molecular flexibility index (Phi) is 2.71. The molecule has 0 unspecified atom stereocenters. The van der Waals surface area contributed by atoms with E-state index in [1.807, 2.05) is 0 Å². The summed E-state index contributed by atoms with van der Waals surface area (Å²) < 4.78 is 23.6. The van der Waals surface area contributed by atoms with Crippen LogP contribution in [0.1, 0.15) is 4.88 Å². The molecule has 2 aromatic rings. The van der Waals surface area contributed by atoms with Crippen molar-refractivity contribution in [1.29, 1.82) is 0 Å². The molecule has 0 saturated carbocycles. The molecule has 1 aromatic heterocycles. The van der Waals surface area contributed by atoms with Crippen LogP contribution in [0.2, 0.25) is 5.02 Å². The van der Waals surface area contributed by atoms with E-state index in [1.54, 1.807) is 25.1 Å². The van der Waals surface area contributed by atoms with E-state index in [0.29, 0.717) is 15.3 Å². The van der Waals surface area contributed by atoms with Gasteiger partial charge >= 0.3 is 0 Å². The molecule has 0 saturated heterocycles. The van der Waals surface area contributed by atoms with Gasteiger partial charge in [0.1, 0.15) is 4.90 Å². The Morgan fingerprint density at radius 1 is 1.33 bits per heavy atom. The summed E-state index contributed by atoms with van der Waals surface area (Å²) in [6, 6.07) is 5.14. The van der Waals surface area contributed by atoms with Crippen molar-refractivity contribution in [1.82, 2.24) is 0 Å². The van der Waals surface area contributed by atoms with E-state index in [2.05, 4.69) is 0 Å². The fourth-order valence-electron chi connectivity index (χ4n) is 1.47. The molecule has 0 fully saturated rings. The molecule has 0 bridgehead atoms. The van der Waals surface area contributed by atoms with Crippen LogP contribution in [-0.2, 0) is 9.05 Å². The van der Waals surface area contributed by atoms with E-state index in [4.69, 9.17) is 22.3 Å². The van der Waals surface area contributed by atoms with Crippen molar-refractivity contribution >= 4 is 52.8 Å². The minimum atomic E-state index is -3.71. The molecule has 0 aliphatic heterocycles. The third kappa shape index (κ3) is 1.99. The van der Waals surface area contributed by atoms with E-state index in [9.17, 15) is 8.42 Å². The highest BCUT2D eigenvalue weighted by atomic mass is 35.7. The van der Waals surface area contributed by atoms with Gasteiger partial charge in [0, 0.05) is 30.7 Å². The summed E-state index contributed by atoms with van der Waals surface area (Å²) in [6.07, 6.45) is 0. The molecule has 0 aliphatic carbocycles. The van der Waals surface area contributed by atoms with Crippen LogP contribution in [0.4, 0.5) is 0 Å². The van der Waals surface area contributed by atoms with Gasteiger partial charge in [0.2, 0.25) is 0 Å². The lowest BCUT2D eigenvalue weighted by molar-refractivity contribution is 0.610. The van der Waals surface area contributed by atoms with Crippen LogP contribution in [0.15, 0.2) is 23.1 Å². The van der Waals surface area contributed by atoms with Gasteiger partial charge in [-0.05, 0) is 25.1 Å². The topological polar surface area (TPSA) is 34.1 Å². The van der Waals surface area contributed by atoms with E-state index in [1.165, 1.54) is 11.3 Å². The van der Waals surface area contributed by atoms with Crippen molar-refractivity contribution in [2.45, 2.75) is 11.8 Å². The van der Waals surface area contributed by atoms with Crippen molar-refractivity contribution in [3.8, 4) is 0 Å². The zero-order valence-corrected chi connectivity index (χ0v) is 10.8. The Bertz CT molecular complexity index is 629. The van der Waals surface area contributed by atoms with Crippen LogP contribution < -0.4 is 0 Å². The Labute approximate surface area is 101 Å². The molecule has 1 aromatic carbocycles. The highest BCUT2D eigenvalue weighted by Crippen LogP contribution is 2.37. The lowest BCUT2D eigenvalue weighted by atomic mass is 10.2. The normalized spacial score (nSPS) is 12.2. The predicted octanol–water partition coefficient (Wildman–Crippen LogP) is 3.79. The van der Waals surface area contributed by atoms with Crippen molar-refractivity contribution in [3.05, 3.63) is 28.1 Å². The van der Waals surface area contributed by atoms with E-state index < -0.39 is 9.05 Å². The molecule has 0 aliphatic rings. The van der Waals surface area contributed by atoms with Gasteiger partial charge in [0.25, 0.3) is 9.05 Å². The Morgan fingerprint density at radius 3 is 2.60 bits per heavy atom. The summed E-state index contributed by atoms with van der Waals surface area (Å²) in [5, 5.41) is 1.10. The van der Waals surface area contributed by atoms with E-state index >= 15 is 0 Å². The third-order valence-electron chi connectivity index (χ3n) is 2.01. The molecule has 2 rings (SSSR count). The quantitative estimate of drug-likeness (QED) is 0.745. The van der Waals surface area contributed by atoms with Crippen molar-refractivity contribution in [2.75, 3.05) is 0 Å². The predicted molar refractivity (Wildman–Crippen MR) is 64.6 cm³/mol. The van der Waals surface area contributed by atoms with Gasteiger partial charge in [-0.2, -0.15) is 0 Å². The minimum Gasteiger partial charge on any atom is -0.207 e. The lowest BCUT2D eigenvalue weighted by Gasteiger charge is -1.96. The second-order valence-electron chi connectivity index (χ2n) is 3.07. The first-order valence-electron chi connectivity index (χ1n) is 4.03. The summed E-state index contributed by atoms with van der Waals surface area (Å²) in [7, 11) is 1.66. The second kappa shape index (κ2) is 3.63. The average molecular weight is 281 g/mol. The Balaban J connectivity index is 2.95. The zero-order chi connectivity index (χ0) is 11.2. The van der Waals surface area contributed by atoms with Crippen molar-refractivity contribution in [3.63, 3.8) is 0 Å². The molecule has 1 heterocycles. The molecule has 0 N–H and O–H groups in total. The summed E-state index contributed by atoms with van der Waals surface area (Å²) in [6.45, 7) is 1.73. The largest absolute Gasteiger partial charge is 0.263 e. The van der Waals surface area contributed by atoms with Gasteiger partial charge in [-0.15, -0.1) is 11.3 Å². The second-order valence-corrected chi connectivity index (χ2v) is 7.26. The molecule has 0 amide bonds. The first kappa shape index (κ1) is 11.2. The molecule has 2 nitrogen and oxygen atoms in total. The number of hydrogen-bond acceptors (Lipinski definition) is 3. The summed E-state index contributed by atoms with van der Waals surface area (Å²) in [5.41, 5.74) is 0. The molecule has 80 valence electrons. The number of halogens is 2. The average Bonchev–Trinajstić information content (AvgIpc) is 2.38. The van der Waals surface area contributed by atoms with Crippen LogP contribution in [0.3, 0.4) is 0 Å². The van der Waals surface area contributed by atoms with Gasteiger partial charge in [-0.1, -0.05) is 11.6 Å². The third-order valence-corrected chi connectivity index (χ3v) is 4.94. The maximum atomic E-state index is 11.4. The summed E-state index contributed by atoms with van der Waals surface area (Å²) in [4.78, 5) is 0.855. The summed E-state index contributed by atoms with van der Waals surface area (Å²) >= 11 is 7.21. The number of aryl methyl sites for hydroxylation is 1. The Hall–Kier alpha value is -0.290. The fourth-order valence-corrected chi connectivity index (χ4v) is 4.61. The minimum absolute atomic E-state index is 0.173. The fraction of sp³-hybridized carbons (Fsp3) is 0.111. The van der Waals surface area contributed by atoms with Crippen molar-refractivity contribution < 1.29 is 8.42 Å². The first-order valence-corrected chi connectivity index (χ1v) is 7.53. The van der Waals surface area contributed by atoms with Crippen molar-refractivity contribution in [2.24, 2.45) is 0 Å².